The monoisotopic (exact) mass is 462 g/mol. The maximum absolute atomic E-state index is 12.5. The van der Waals surface area contributed by atoms with Gasteiger partial charge in [0.15, 0.2) is 0 Å². The molecule has 0 atom stereocenters. The van der Waals surface area contributed by atoms with Crippen LogP contribution in [0.4, 0.5) is 17.2 Å². The van der Waals surface area contributed by atoms with Crippen molar-refractivity contribution in [3.63, 3.8) is 0 Å². The number of hydrogen-bond acceptors (Lipinski definition) is 10. The fourth-order valence-corrected chi connectivity index (χ4v) is 3.92. The van der Waals surface area contributed by atoms with E-state index in [9.17, 15) is 28.6 Å². The number of imidazole rings is 1. The highest BCUT2D eigenvalue weighted by Gasteiger charge is 2.27. The van der Waals surface area contributed by atoms with Gasteiger partial charge in [0.2, 0.25) is 10.0 Å². The number of anilines is 1. The van der Waals surface area contributed by atoms with Gasteiger partial charge in [-0.25, -0.2) is 28.1 Å². The fourth-order valence-electron chi connectivity index (χ4n) is 2.85. The van der Waals surface area contributed by atoms with Gasteiger partial charge in [-0.3, -0.25) is 24.8 Å². The van der Waals surface area contributed by atoms with Crippen LogP contribution in [0, 0.1) is 34.1 Å². The van der Waals surface area contributed by atoms with E-state index in [2.05, 4.69) is 25.0 Å². The number of rotatable bonds is 9. The first-order valence-corrected chi connectivity index (χ1v) is 10.6. The Labute approximate surface area is 181 Å². The second-order valence-corrected chi connectivity index (χ2v) is 8.30. The molecule has 168 valence electrons. The van der Waals surface area contributed by atoms with Gasteiger partial charge in [-0.05, 0) is 13.8 Å². The third-order valence-electron chi connectivity index (χ3n) is 4.48. The molecule has 0 saturated carbocycles. The molecule has 2 aromatic heterocycles. The first-order chi connectivity index (χ1) is 15.1. The lowest BCUT2D eigenvalue weighted by atomic mass is 10.1. The van der Waals surface area contributed by atoms with Crippen molar-refractivity contribution in [2.45, 2.75) is 18.7 Å². The third-order valence-corrected chi connectivity index (χ3v) is 5.92. The van der Waals surface area contributed by atoms with Crippen LogP contribution in [-0.4, -0.2) is 50.9 Å². The number of aromatic nitrogens is 4. The standard InChI is InChI=1S/C17H18N8O6S/c1-11-14(24(26)27)7-13(8-15(11)25(28)29)32(30,31)22-4-3-19-16-9-17(21-10-20-16)23-6-5-18-12(23)2/h5-10,22H,3-4H2,1-2H3,(H,19,20,21). The van der Waals surface area contributed by atoms with E-state index in [1.807, 2.05) is 6.92 Å². The number of nitro benzene ring substituents is 2. The minimum Gasteiger partial charge on any atom is -0.369 e. The summed E-state index contributed by atoms with van der Waals surface area (Å²) in [6, 6.07) is 3.24. The maximum atomic E-state index is 12.5. The van der Waals surface area contributed by atoms with Crippen molar-refractivity contribution >= 4 is 27.2 Å². The highest BCUT2D eigenvalue weighted by Crippen LogP contribution is 2.31. The van der Waals surface area contributed by atoms with Crippen molar-refractivity contribution < 1.29 is 18.3 Å². The largest absolute Gasteiger partial charge is 0.369 e. The predicted octanol–water partition coefficient (Wildman–Crippen LogP) is 1.49. The number of hydrogen-bond donors (Lipinski definition) is 2. The van der Waals surface area contributed by atoms with E-state index in [4.69, 9.17) is 0 Å². The zero-order valence-corrected chi connectivity index (χ0v) is 17.7. The molecule has 2 N–H and O–H groups in total. The number of sulfonamides is 1. The zero-order chi connectivity index (χ0) is 23.5. The minimum atomic E-state index is -4.24. The van der Waals surface area contributed by atoms with Crippen molar-refractivity contribution in [1.82, 2.24) is 24.2 Å². The van der Waals surface area contributed by atoms with Gasteiger partial charge in [0, 0.05) is 43.7 Å². The number of nitrogens with one attached hydrogen (secondary N) is 2. The van der Waals surface area contributed by atoms with Crippen molar-refractivity contribution in [2.24, 2.45) is 0 Å². The molecule has 0 aliphatic rings. The molecule has 15 heteroatoms. The summed E-state index contributed by atoms with van der Waals surface area (Å²) >= 11 is 0. The molecule has 0 aliphatic heterocycles. The predicted molar refractivity (Wildman–Crippen MR) is 112 cm³/mol. The molecule has 1 aromatic carbocycles. The SMILES string of the molecule is Cc1c([N+](=O)[O-])cc(S(=O)(=O)NCCNc2cc(-n3ccnc3C)ncn2)cc1[N+](=O)[O-]. The van der Waals surface area contributed by atoms with Gasteiger partial charge < -0.3 is 5.32 Å². The number of nitro groups is 2. The summed E-state index contributed by atoms with van der Waals surface area (Å²) in [6.45, 7) is 3.00. The van der Waals surface area contributed by atoms with E-state index >= 15 is 0 Å². The van der Waals surface area contributed by atoms with Gasteiger partial charge in [-0.1, -0.05) is 0 Å². The van der Waals surface area contributed by atoms with Crippen molar-refractivity contribution in [1.29, 1.82) is 0 Å². The van der Waals surface area contributed by atoms with Crippen LogP contribution in [0.25, 0.3) is 5.82 Å². The van der Waals surface area contributed by atoms with E-state index in [-0.39, 0.29) is 18.7 Å². The molecule has 0 spiro atoms. The quantitative estimate of drug-likeness (QED) is 0.268. The summed E-state index contributed by atoms with van der Waals surface area (Å²) in [7, 11) is -4.24. The number of aryl methyl sites for hydroxylation is 1. The summed E-state index contributed by atoms with van der Waals surface area (Å²) in [5.41, 5.74) is -1.53. The Balaban J connectivity index is 1.70. The molecule has 3 rings (SSSR count). The Morgan fingerprint density at radius 2 is 1.66 bits per heavy atom. The molecule has 3 aromatic rings. The lowest BCUT2D eigenvalue weighted by molar-refractivity contribution is -0.395. The van der Waals surface area contributed by atoms with Crippen molar-refractivity contribution in [3.8, 4) is 5.82 Å². The molecule has 0 fully saturated rings. The summed E-state index contributed by atoms with van der Waals surface area (Å²) in [4.78, 5) is 32.4. The van der Waals surface area contributed by atoms with Gasteiger partial charge in [0.25, 0.3) is 11.4 Å². The summed E-state index contributed by atoms with van der Waals surface area (Å²) < 4.78 is 29.1. The van der Waals surface area contributed by atoms with E-state index in [0.29, 0.717) is 11.6 Å². The van der Waals surface area contributed by atoms with Gasteiger partial charge in [0.1, 0.15) is 29.4 Å². The van der Waals surface area contributed by atoms with Crippen LogP contribution in [0.15, 0.2) is 41.8 Å². The van der Waals surface area contributed by atoms with Crippen LogP contribution in [0.2, 0.25) is 0 Å². The van der Waals surface area contributed by atoms with Crippen LogP contribution >= 0.6 is 0 Å². The Bertz CT molecular complexity index is 1250. The second-order valence-electron chi connectivity index (χ2n) is 6.53. The highest BCUT2D eigenvalue weighted by atomic mass is 32.2. The third kappa shape index (κ3) is 4.84. The topological polar surface area (TPSA) is 188 Å². The van der Waals surface area contributed by atoms with E-state index in [0.717, 1.165) is 18.0 Å². The highest BCUT2D eigenvalue weighted by molar-refractivity contribution is 7.89. The molecule has 0 aliphatic carbocycles. The van der Waals surface area contributed by atoms with Crippen LogP contribution in [-0.2, 0) is 10.0 Å². The van der Waals surface area contributed by atoms with Crippen LogP contribution in [0.1, 0.15) is 11.4 Å². The smallest absolute Gasteiger partial charge is 0.280 e. The molecule has 0 amide bonds. The van der Waals surface area contributed by atoms with Crippen LogP contribution < -0.4 is 10.0 Å². The van der Waals surface area contributed by atoms with Gasteiger partial charge in [0.05, 0.1) is 14.7 Å². The van der Waals surface area contributed by atoms with Gasteiger partial charge >= 0.3 is 0 Å². The molecule has 14 nitrogen and oxygen atoms in total. The average Bonchev–Trinajstić information content (AvgIpc) is 3.17. The number of benzene rings is 1. The molecular weight excluding hydrogens is 444 g/mol. The zero-order valence-electron chi connectivity index (χ0n) is 16.9. The first-order valence-electron chi connectivity index (χ1n) is 9.09. The first kappa shape index (κ1) is 22.7. The Morgan fingerprint density at radius 1 is 1.00 bits per heavy atom. The lowest BCUT2D eigenvalue weighted by Crippen LogP contribution is -2.29. The van der Waals surface area contributed by atoms with E-state index in [1.54, 1.807) is 23.0 Å². The fraction of sp³-hybridized carbons (Fsp3) is 0.235. The van der Waals surface area contributed by atoms with E-state index in [1.165, 1.54) is 13.3 Å². The molecule has 2 heterocycles. The maximum Gasteiger partial charge on any atom is 0.280 e. The Kier molecular flexibility index (Phi) is 6.40. The van der Waals surface area contributed by atoms with Crippen LogP contribution in [0.3, 0.4) is 0 Å². The van der Waals surface area contributed by atoms with Crippen molar-refractivity contribution in [2.75, 3.05) is 18.4 Å². The van der Waals surface area contributed by atoms with E-state index < -0.39 is 36.1 Å². The molecule has 0 radical (unpaired) electrons. The molecule has 32 heavy (non-hydrogen) atoms. The number of nitrogens with zero attached hydrogens (tertiary/aromatic N) is 6. The second kappa shape index (κ2) is 9.03. The normalized spacial score (nSPS) is 11.3. The molecular formula is C17H18N8O6S. The van der Waals surface area contributed by atoms with Gasteiger partial charge in [-0.15, -0.1) is 0 Å². The summed E-state index contributed by atoms with van der Waals surface area (Å²) in [5, 5.41) is 25.3. The molecule has 0 unspecified atom stereocenters. The average molecular weight is 462 g/mol. The lowest BCUT2D eigenvalue weighted by Gasteiger charge is -2.10. The van der Waals surface area contributed by atoms with Gasteiger partial charge in [-0.2, -0.15) is 0 Å². The molecule has 0 saturated heterocycles. The summed E-state index contributed by atoms with van der Waals surface area (Å²) in [6.07, 6.45) is 4.69. The molecule has 0 bridgehead atoms. The Morgan fingerprint density at radius 3 is 2.22 bits per heavy atom. The van der Waals surface area contributed by atoms with Crippen molar-refractivity contribution in [3.05, 3.63) is 68.5 Å². The summed E-state index contributed by atoms with van der Waals surface area (Å²) in [5.74, 6) is 1.73. The van der Waals surface area contributed by atoms with Crippen LogP contribution in [0.5, 0.6) is 0 Å². The Hall–Kier alpha value is -3.98. The minimum absolute atomic E-state index is 0.110.